The summed E-state index contributed by atoms with van der Waals surface area (Å²) in [6.45, 7) is 2.35. The summed E-state index contributed by atoms with van der Waals surface area (Å²) in [5.74, 6) is 1.36. The number of rotatable bonds is 1. The van der Waals surface area contributed by atoms with Gasteiger partial charge in [0, 0.05) is 19.7 Å². The zero-order chi connectivity index (χ0) is 11.8. The molecule has 4 nitrogen and oxygen atoms in total. The average molecular weight is 235 g/mol. The second-order valence-corrected chi connectivity index (χ2v) is 4.29. The van der Waals surface area contributed by atoms with E-state index in [-0.39, 0.29) is 11.9 Å². The summed E-state index contributed by atoms with van der Waals surface area (Å²) >= 11 is 0. The van der Waals surface area contributed by atoms with Gasteiger partial charge in [0.15, 0.2) is 6.10 Å². The molecule has 0 aromatic heterocycles. The number of aliphatic imine (C=N–C) groups is 1. The topological polar surface area (TPSA) is 36.9 Å². The molecule has 0 amide bonds. The van der Waals surface area contributed by atoms with E-state index in [2.05, 4.69) is 10.3 Å². The molecule has 3 rings (SSSR count). The highest BCUT2D eigenvalue weighted by Crippen LogP contribution is 2.33. The lowest BCUT2D eigenvalue weighted by molar-refractivity contribution is 0.255. The normalized spacial score (nSPS) is 22.6. The lowest BCUT2D eigenvalue weighted by Gasteiger charge is -2.33. The first-order valence-corrected chi connectivity index (χ1v) is 5.69. The highest BCUT2D eigenvalue weighted by atomic mass is 19.1. The Balaban J connectivity index is 1.90. The Bertz CT molecular complexity index is 475. The molecule has 0 saturated carbocycles. The molecule has 1 aromatic rings. The second-order valence-electron chi connectivity index (χ2n) is 4.29. The minimum absolute atomic E-state index is 0.0829. The number of nitrogens with zero attached hydrogens (tertiary/aromatic N) is 2. The van der Waals surface area contributed by atoms with Gasteiger partial charge in [-0.15, -0.1) is 0 Å². The minimum Gasteiger partial charge on any atom is -0.478 e. The van der Waals surface area contributed by atoms with E-state index in [1.165, 1.54) is 12.1 Å². The van der Waals surface area contributed by atoms with E-state index < -0.39 is 0 Å². The minimum atomic E-state index is -0.242. The monoisotopic (exact) mass is 235 g/mol. The number of halogens is 1. The van der Waals surface area contributed by atoms with Crippen LogP contribution in [0.15, 0.2) is 23.2 Å². The number of amidine groups is 1. The summed E-state index contributed by atoms with van der Waals surface area (Å²) in [7, 11) is 1.93. The highest BCUT2D eigenvalue weighted by molar-refractivity contribution is 5.89. The van der Waals surface area contributed by atoms with Crippen LogP contribution in [0.4, 0.5) is 10.1 Å². The van der Waals surface area contributed by atoms with Crippen LogP contribution in [0.25, 0.3) is 0 Å². The Morgan fingerprint density at radius 3 is 3.18 bits per heavy atom. The molecule has 0 unspecified atom stereocenters. The van der Waals surface area contributed by atoms with Crippen molar-refractivity contribution in [2.24, 2.45) is 4.99 Å². The largest absolute Gasteiger partial charge is 0.478 e. The van der Waals surface area contributed by atoms with Gasteiger partial charge < -0.3 is 15.0 Å². The first-order chi connectivity index (χ1) is 8.24. The van der Waals surface area contributed by atoms with Crippen LogP contribution in [-0.4, -0.2) is 38.6 Å². The molecule has 1 atom stereocenters. The number of hydrogen-bond acceptors (Lipinski definition) is 4. The summed E-state index contributed by atoms with van der Waals surface area (Å²) in [4.78, 5) is 6.36. The average Bonchev–Trinajstić information content (AvgIpc) is 2.83. The fraction of sp³-hybridized carbons (Fsp3) is 0.417. The van der Waals surface area contributed by atoms with E-state index >= 15 is 0 Å². The van der Waals surface area contributed by atoms with Crippen LogP contribution in [0.2, 0.25) is 0 Å². The summed E-state index contributed by atoms with van der Waals surface area (Å²) in [5, 5.41) is 3.21. The Morgan fingerprint density at radius 1 is 1.53 bits per heavy atom. The molecule has 0 aliphatic carbocycles. The van der Waals surface area contributed by atoms with Gasteiger partial charge in [-0.3, -0.25) is 4.99 Å². The maximum absolute atomic E-state index is 13.1. The molecule has 2 aliphatic heterocycles. The molecule has 17 heavy (non-hydrogen) atoms. The SMILES string of the molecule is CN1C[C@@H](C2=NCCN2)Oc2ccc(F)cc21. The van der Waals surface area contributed by atoms with Crippen LogP contribution < -0.4 is 15.0 Å². The van der Waals surface area contributed by atoms with E-state index in [4.69, 9.17) is 4.74 Å². The van der Waals surface area contributed by atoms with E-state index in [9.17, 15) is 4.39 Å². The van der Waals surface area contributed by atoms with Crippen LogP contribution in [0.3, 0.4) is 0 Å². The van der Waals surface area contributed by atoms with Gasteiger partial charge in [-0.1, -0.05) is 0 Å². The van der Waals surface area contributed by atoms with Gasteiger partial charge >= 0.3 is 0 Å². The number of hydrogen-bond donors (Lipinski definition) is 1. The molecule has 0 saturated heterocycles. The third kappa shape index (κ3) is 1.81. The van der Waals surface area contributed by atoms with E-state index in [0.29, 0.717) is 12.3 Å². The zero-order valence-electron chi connectivity index (χ0n) is 9.61. The molecule has 0 spiro atoms. The molecular weight excluding hydrogens is 221 g/mol. The van der Waals surface area contributed by atoms with Crippen molar-refractivity contribution in [2.45, 2.75) is 6.10 Å². The van der Waals surface area contributed by atoms with Gasteiger partial charge in [-0.2, -0.15) is 0 Å². The molecule has 90 valence electrons. The number of anilines is 1. The summed E-state index contributed by atoms with van der Waals surface area (Å²) in [5.41, 5.74) is 0.792. The number of ether oxygens (including phenoxy) is 1. The molecular formula is C12H14FN3O. The van der Waals surface area contributed by atoms with E-state index in [0.717, 1.165) is 24.6 Å². The Labute approximate surface area is 99.1 Å². The highest BCUT2D eigenvalue weighted by Gasteiger charge is 2.28. The Kier molecular flexibility index (Phi) is 2.39. The van der Waals surface area contributed by atoms with Crippen LogP contribution in [0.5, 0.6) is 5.75 Å². The van der Waals surface area contributed by atoms with Crippen molar-refractivity contribution >= 4 is 11.5 Å². The van der Waals surface area contributed by atoms with Crippen molar-refractivity contribution in [2.75, 3.05) is 31.6 Å². The van der Waals surface area contributed by atoms with Gasteiger partial charge in [0.05, 0.1) is 18.8 Å². The number of nitrogens with one attached hydrogen (secondary N) is 1. The molecule has 1 aromatic carbocycles. The van der Waals surface area contributed by atoms with Crippen molar-refractivity contribution < 1.29 is 9.13 Å². The maximum atomic E-state index is 13.1. The lowest BCUT2D eigenvalue weighted by Crippen LogP contribution is -2.46. The van der Waals surface area contributed by atoms with Crippen molar-refractivity contribution in [1.29, 1.82) is 0 Å². The fourth-order valence-electron chi connectivity index (χ4n) is 2.20. The molecule has 0 radical (unpaired) electrons. The van der Waals surface area contributed by atoms with Gasteiger partial charge in [-0.05, 0) is 12.1 Å². The summed E-state index contributed by atoms with van der Waals surface area (Å²) in [6, 6.07) is 4.58. The smallest absolute Gasteiger partial charge is 0.173 e. The quantitative estimate of drug-likeness (QED) is 0.789. The first-order valence-electron chi connectivity index (χ1n) is 5.69. The molecule has 2 heterocycles. The van der Waals surface area contributed by atoms with E-state index in [1.54, 1.807) is 6.07 Å². The zero-order valence-corrected chi connectivity index (χ0v) is 9.61. The Hall–Kier alpha value is -1.78. The van der Waals surface area contributed by atoms with Gasteiger partial charge in [0.1, 0.15) is 17.4 Å². The standard InChI is InChI=1S/C12H14FN3O/c1-16-7-11(12-14-4-5-15-12)17-10-3-2-8(13)6-9(10)16/h2-3,6,11H,4-5,7H2,1H3,(H,14,15)/t11-/m0/s1. The number of benzene rings is 1. The third-order valence-electron chi connectivity index (χ3n) is 3.05. The third-order valence-corrected chi connectivity index (χ3v) is 3.05. The van der Waals surface area contributed by atoms with Crippen molar-refractivity contribution in [3.05, 3.63) is 24.0 Å². The van der Waals surface area contributed by atoms with E-state index in [1.807, 2.05) is 11.9 Å². The van der Waals surface area contributed by atoms with Crippen molar-refractivity contribution in [1.82, 2.24) is 5.32 Å². The molecule has 0 fully saturated rings. The predicted octanol–water partition coefficient (Wildman–Crippen LogP) is 1.02. The van der Waals surface area contributed by atoms with Crippen LogP contribution in [0.1, 0.15) is 0 Å². The Morgan fingerprint density at radius 2 is 2.41 bits per heavy atom. The number of likely N-dealkylation sites (N-methyl/N-ethyl adjacent to an activating group) is 1. The van der Waals surface area contributed by atoms with Crippen molar-refractivity contribution in [3.63, 3.8) is 0 Å². The number of fused-ring (bicyclic) bond motifs is 1. The molecule has 0 bridgehead atoms. The van der Waals surface area contributed by atoms with Gasteiger partial charge in [0.25, 0.3) is 0 Å². The van der Waals surface area contributed by atoms with Crippen molar-refractivity contribution in [3.8, 4) is 5.75 Å². The van der Waals surface area contributed by atoms with Crippen LogP contribution in [0, 0.1) is 5.82 Å². The van der Waals surface area contributed by atoms with Crippen LogP contribution in [-0.2, 0) is 0 Å². The first kappa shape index (κ1) is 10.4. The summed E-state index contributed by atoms with van der Waals surface area (Å²) < 4.78 is 19.0. The summed E-state index contributed by atoms with van der Waals surface area (Å²) in [6.07, 6.45) is -0.0829. The maximum Gasteiger partial charge on any atom is 0.173 e. The fourth-order valence-corrected chi connectivity index (χ4v) is 2.20. The lowest BCUT2D eigenvalue weighted by atomic mass is 10.2. The molecule has 1 N–H and O–H groups in total. The van der Waals surface area contributed by atoms with Crippen LogP contribution >= 0.6 is 0 Å². The predicted molar refractivity (Wildman–Crippen MR) is 64.4 cm³/mol. The van der Waals surface area contributed by atoms with Gasteiger partial charge in [0.2, 0.25) is 0 Å². The molecule has 2 aliphatic rings. The second kappa shape index (κ2) is 3.91. The van der Waals surface area contributed by atoms with Gasteiger partial charge in [-0.25, -0.2) is 4.39 Å². The molecule has 5 heteroatoms.